The zero-order chi connectivity index (χ0) is 15.6. The number of carbonyl (C=O) groups is 1. The number of halogens is 3. The molecule has 1 fully saturated rings. The fraction of sp³-hybridized carbons (Fsp3) is 0.533. The summed E-state index contributed by atoms with van der Waals surface area (Å²) in [5, 5.41) is 3.92. The van der Waals surface area contributed by atoms with Crippen LogP contribution in [0.25, 0.3) is 0 Å². The normalized spacial score (nSPS) is 23.1. The van der Waals surface area contributed by atoms with Gasteiger partial charge in [0.1, 0.15) is 0 Å². The minimum atomic E-state index is -0.109. The van der Waals surface area contributed by atoms with Gasteiger partial charge in [-0.1, -0.05) is 48.7 Å². The number of nitrogens with zero attached hydrogens (tertiary/aromatic N) is 1. The van der Waals surface area contributed by atoms with E-state index in [1.165, 1.54) is 6.42 Å². The number of amides is 1. The summed E-state index contributed by atoms with van der Waals surface area (Å²) in [5.74, 6) is 1.12. The van der Waals surface area contributed by atoms with E-state index in [2.05, 4.69) is 24.1 Å². The Bertz CT molecular complexity index is 503. The Morgan fingerprint density at radius 2 is 1.71 bits per heavy atom. The van der Waals surface area contributed by atoms with Gasteiger partial charge in [-0.05, 0) is 30.4 Å². The molecule has 0 spiro atoms. The van der Waals surface area contributed by atoms with E-state index in [1.807, 2.05) is 0 Å². The largest absolute Gasteiger partial charge is 0.322 e. The van der Waals surface area contributed by atoms with E-state index in [-0.39, 0.29) is 5.91 Å². The van der Waals surface area contributed by atoms with Crippen LogP contribution in [0.5, 0.6) is 0 Å². The minimum absolute atomic E-state index is 0.109. The van der Waals surface area contributed by atoms with Crippen molar-refractivity contribution in [3.63, 3.8) is 0 Å². The van der Waals surface area contributed by atoms with Crippen LogP contribution in [0.3, 0.4) is 0 Å². The average molecular weight is 350 g/mol. The van der Waals surface area contributed by atoms with Crippen LogP contribution in [0.1, 0.15) is 20.3 Å². The highest BCUT2D eigenvalue weighted by Crippen LogP contribution is 2.33. The molecule has 1 aliphatic rings. The number of benzene rings is 1. The summed E-state index contributed by atoms with van der Waals surface area (Å²) >= 11 is 18.0. The number of piperidine rings is 1. The van der Waals surface area contributed by atoms with Gasteiger partial charge in [-0.15, -0.1) is 0 Å². The van der Waals surface area contributed by atoms with Gasteiger partial charge in [0.05, 0.1) is 22.3 Å². The Hall–Kier alpha value is -0.480. The molecule has 1 aromatic rings. The molecule has 0 radical (unpaired) electrons. The highest BCUT2D eigenvalue weighted by Gasteiger charge is 2.23. The number of carbonyl (C=O) groups excluding carboxylic acids is 1. The molecule has 0 bridgehead atoms. The smallest absolute Gasteiger partial charge is 0.238 e. The van der Waals surface area contributed by atoms with E-state index in [0.717, 1.165) is 13.1 Å². The van der Waals surface area contributed by atoms with Gasteiger partial charge in [0, 0.05) is 18.1 Å². The zero-order valence-corrected chi connectivity index (χ0v) is 14.4. The first-order valence-corrected chi connectivity index (χ1v) is 8.15. The Morgan fingerprint density at radius 1 is 1.19 bits per heavy atom. The summed E-state index contributed by atoms with van der Waals surface area (Å²) in [4.78, 5) is 14.4. The van der Waals surface area contributed by atoms with Crippen LogP contribution in [-0.2, 0) is 4.79 Å². The lowest BCUT2D eigenvalue weighted by molar-refractivity contribution is -0.117. The van der Waals surface area contributed by atoms with Crippen molar-refractivity contribution in [2.75, 3.05) is 25.0 Å². The lowest BCUT2D eigenvalue weighted by Gasteiger charge is -2.34. The average Bonchev–Trinajstić information content (AvgIpc) is 2.32. The number of likely N-dealkylation sites (tertiary alicyclic amines) is 1. The molecule has 2 rings (SSSR count). The van der Waals surface area contributed by atoms with Crippen LogP contribution in [0.4, 0.5) is 5.69 Å². The van der Waals surface area contributed by atoms with Gasteiger partial charge in [0.25, 0.3) is 0 Å². The molecule has 1 N–H and O–H groups in total. The summed E-state index contributed by atoms with van der Waals surface area (Å²) in [7, 11) is 0. The third-order valence-corrected chi connectivity index (χ3v) is 4.40. The van der Waals surface area contributed by atoms with E-state index in [0.29, 0.717) is 39.1 Å². The topological polar surface area (TPSA) is 32.3 Å². The predicted molar refractivity (Wildman–Crippen MR) is 89.5 cm³/mol. The number of hydrogen-bond donors (Lipinski definition) is 1. The third kappa shape index (κ3) is 4.75. The van der Waals surface area contributed by atoms with Crippen LogP contribution < -0.4 is 5.32 Å². The standard InChI is InChI=1S/C15H19Cl3N2O/c1-9-3-10(2)7-20(6-9)8-14(21)19-15-12(17)4-11(16)5-13(15)18/h4-5,9-10H,3,6-8H2,1-2H3,(H,19,21)/t9-,10+. The lowest BCUT2D eigenvalue weighted by atomic mass is 9.92. The summed E-state index contributed by atoms with van der Waals surface area (Å²) < 4.78 is 0. The summed E-state index contributed by atoms with van der Waals surface area (Å²) in [6.45, 7) is 6.67. The lowest BCUT2D eigenvalue weighted by Crippen LogP contribution is -2.42. The van der Waals surface area contributed by atoms with Crippen LogP contribution in [0.2, 0.25) is 15.1 Å². The molecule has 2 atom stereocenters. The van der Waals surface area contributed by atoms with E-state index in [4.69, 9.17) is 34.8 Å². The van der Waals surface area contributed by atoms with Gasteiger partial charge in [-0.2, -0.15) is 0 Å². The Balaban J connectivity index is 1.99. The van der Waals surface area contributed by atoms with Crippen molar-refractivity contribution in [2.24, 2.45) is 11.8 Å². The molecule has 6 heteroatoms. The first kappa shape index (κ1) is 16.9. The number of nitrogens with one attached hydrogen (secondary N) is 1. The van der Waals surface area contributed by atoms with Crippen LogP contribution in [-0.4, -0.2) is 30.4 Å². The molecule has 116 valence electrons. The highest BCUT2D eigenvalue weighted by molar-refractivity contribution is 6.42. The molecule has 3 nitrogen and oxygen atoms in total. The molecule has 1 aromatic carbocycles. The second-order valence-electron chi connectivity index (χ2n) is 5.93. The molecular weight excluding hydrogens is 331 g/mol. The fourth-order valence-electron chi connectivity index (χ4n) is 2.96. The minimum Gasteiger partial charge on any atom is -0.322 e. The molecular formula is C15H19Cl3N2O. The van der Waals surface area contributed by atoms with Crippen molar-refractivity contribution >= 4 is 46.4 Å². The van der Waals surface area contributed by atoms with Gasteiger partial charge in [-0.25, -0.2) is 0 Å². The second kappa shape index (κ2) is 7.19. The summed E-state index contributed by atoms with van der Waals surface area (Å²) in [5.41, 5.74) is 0.422. The van der Waals surface area contributed by atoms with Crippen molar-refractivity contribution in [3.8, 4) is 0 Å². The van der Waals surface area contributed by atoms with Crippen LogP contribution in [0.15, 0.2) is 12.1 Å². The molecule has 1 aliphatic heterocycles. The molecule has 0 aliphatic carbocycles. The van der Waals surface area contributed by atoms with E-state index >= 15 is 0 Å². The first-order chi connectivity index (χ1) is 9.85. The Kier molecular flexibility index (Phi) is 5.78. The van der Waals surface area contributed by atoms with E-state index in [9.17, 15) is 4.79 Å². The molecule has 21 heavy (non-hydrogen) atoms. The van der Waals surface area contributed by atoms with Crippen molar-refractivity contribution in [3.05, 3.63) is 27.2 Å². The number of rotatable bonds is 3. The molecule has 0 saturated carbocycles. The van der Waals surface area contributed by atoms with Crippen molar-refractivity contribution in [2.45, 2.75) is 20.3 Å². The fourth-order valence-corrected chi connectivity index (χ4v) is 3.88. The van der Waals surface area contributed by atoms with E-state index in [1.54, 1.807) is 12.1 Å². The SMILES string of the molecule is C[C@@H]1C[C@H](C)CN(CC(=O)Nc2c(Cl)cc(Cl)cc2Cl)C1. The Labute approximate surface area is 140 Å². The molecule has 1 saturated heterocycles. The number of hydrogen-bond acceptors (Lipinski definition) is 2. The third-order valence-electron chi connectivity index (χ3n) is 3.58. The maximum absolute atomic E-state index is 12.2. The maximum atomic E-state index is 12.2. The van der Waals surface area contributed by atoms with Gasteiger partial charge < -0.3 is 5.32 Å². The van der Waals surface area contributed by atoms with Crippen molar-refractivity contribution in [1.29, 1.82) is 0 Å². The number of anilines is 1. The quantitative estimate of drug-likeness (QED) is 0.867. The van der Waals surface area contributed by atoms with Crippen LogP contribution in [0, 0.1) is 11.8 Å². The second-order valence-corrected chi connectivity index (χ2v) is 7.18. The zero-order valence-electron chi connectivity index (χ0n) is 12.1. The van der Waals surface area contributed by atoms with Crippen molar-refractivity contribution < 1.29 is 4.79 Å². The molecule has 0 unspecified atom stereocenters. The Morgan fingerprint density at radius 3 is 2.24 bits per heavy atom. The van der Waals surface area contributed by atoms with Gasteiger partial charge >= 0.3 is 0 Å². The molecule has 1 amide bonds. The predicted octanol–water partition coefficient (Wildman–Crippen LogP) is 4.56. The van der Waals surface area contributed by atoms with Gasteiger partial charge in [0.15, 0.2) is 0 Å². The highest BCUT2D eigenvalue weighted by atomic mass is 35.5. The van der Waals surface area contributed by atoms with Gasteiger partial charge in [0.2, 0.25) is 5.91 Å². The first-order valence-electron chi connectivity index (χ1n) is 7.02. The summed E-state index contributed by atoms with van der Waals surface area (Å²) in [6, 6.07) is 3.13. The van der Waals surface area contributed by atoms with E-state index < -0.39 is 0 Å². The molecule has 1 heterocycles. The van der Waals surface area contributed by atoms with Crippen molar-refractivity contribution in [1.82, 2.24) is 4.90 Å². The maximum Gasteiger partial charge on any atom is 0.238 e. The monoisotopic (exact) mass is 348 g/mol. The van der Waals surface area contributed by atoms with Crippen LogP contribution >= 0.6 is 34.8 Å². The molecule has 0 aromatic heterocycles. The summed E-state index contributed by atoms with van der Waals surface area (Å²) in [6.07, 6.45) is 1.22. The van der Waals surface area contributed by atoms with Gasteiger partial charge in [-0.3, -0.25) is 9.69 Å².